The highest BCUT2D eigenvalue weighted by atomic mass is 32.2. The van der Waals surface area contributed by atoms with Crippen LogP contribution in [0.15, 0.2) is 47.4 Å². The molecule has 1 unspecified atom stereocenters. The van der Waals surface area contributed by atoms with Crippen molar-refractivity contribution in [2.45, 2.75) is 43.5 Å². The van der Waals surface area contributed by atoms with E-state index in [1.54, 1.807) is 18.2 Å². The minimum absolute atomic E-state index is 0.186. The van der Waals surface area contributed by atoms with Crippen molar-refractivity contribution in [2.75, 3.05) is 5.73 Å². The first-order valence-electron chi connectivity index (χ1n) is 7.99. The second kappa shape index (κ2) is 6.34. The maximum absolute atomic E-state index is 12.7. The summed E-state index contributed by atoms with van der Waals surface area (Å²) < 4.78 is 28.3. The first-order valence-corrected chi connectivity index (χ1v) is 9.47. The Morgan fingerprint density at radius 2 is 2.04 bits per heavy atom. The van der Waals surface area contributed by atoms with Crippen molar-refractivity contribution in [1.82, 2.24) is 4.72 Å². The average Bonchev–Trinajstić information content (AvgIpc) is 2.54. The molecule has 0 fully saturated rings. The Hall–Kier alpha value is -1.85. The fourth-order valence-corrected chi connectivity index (χ4v) is 4.46. The lowest BCUT2D eigenvalue weighted by molar-refractivity contribution is 0.507. The van der Waals surface area contributed by atoms with Crippen LogP contribution in [0.4, 0.5) is 5.69 Å². The van der Waals surface area contributed by atoms with Gasteiger partial charge in [0.05, 0.1) is 4.90 Å². The Kier molecular flexibility index (Phi) is 4.41. The van der Waals surface area contributed by atoms with Gasteiger partial charge in [0.2, 0.25) is 10.0 Å². The molecule has 0 spiro atoms. The van der Waals surface area contributed by atoms with Crippen LogP contribution in [-0.2, 0) is 22.9 Å². The van der Waals surface area contributed by atoms with E-state index in [1.165, 1.54) is 0 Å². The predicted octanol–water partition coefficient (Wildman–Crippen LogP) is 3.19. The molecule has 1 aliphatic carbocycles. The summed E-state index contributed by atoms with van der Waals surface area (Å²) >= 11 is 0. The third-order valence-electron chi connectivity index (χ3n) is 4.40. The molecular formula is C18H22N2O2S. The SMILES string of the molecule is CCc1cccc(S(=O)(=O)NC2CCCc3cc(N)ccc32)c1. The predicted molar refractivity (Wildman–Crippen MR) is 92.7 cm³/mol. The van der Waals surface area contributed by atoms with E-state index in [4.69, 9.17) is 5.73 Å². The number of hydrogen-bond donors (Lipinski definition) is 2. The number of hydrogen-bond acceptors (Lipinski definition) is 3. The lowest BCUT2D eigenvalue weighted by atomic mass is 9.88. The van der Waals surface area contributed by atoms with Crippen molar-refractivity contribution in [3.63, 3.8) is 0 Å². The van der Waals surface area contributed by atoms with E-state index in [0.29, 0.717) is 4.90 Å². The van der Waals surface area contributed by atoms with Crippen LogP contribution < -0.4 is 10.5 Å². The number of benzene rings is 2. The van der Waals surface area contributed by atoms with Crippen LogP contribution in [0.2, 0.25) is 0 Å². The van der Waals surface area contributed by atoms with Crippen LogP contribution in [0, 0.1) is 0 Å². The Morgan fingerprint density at radius 1 is 1.22 bits per heavy atom. The number of fused-ring (bicyclic) bond motifs is 1. The third-order valence-corrected chi connectivity index (χ3v) is 5.87. The second-order valence-electron chi connectivity index (χ2n) is 6.03. The largest absolute Gasteiger partial charge is 0.399 e. The molecule has 122 valence electrons. The molecule has 3 N–H and O–H groups in total. The second-order valence-corrected chi connectivity index (χ2v) is 7.74. The van der Waals surface area contributed by atoms with Crippen molar-refractivity contribution in [2.24, 2.45) is 0 Å². The zero-order chi connectivity index (χ0) is 16.4. The van der Waals surface area contributed by atoms with Crippen molar-refractivity contribution in [3.8, 4) is 0 Å². The zero-order valence-corrected chi connectivity index (χ0v) is 14.1. The third kappa shape index (κ3) is 3.41. The number of nitrogens with one attached hydrogen (secondary N) is 1. The Labute approximate surface area is 137 Å². The van der Waals surface area contributed by atoms with Crippen molar-refractivity contribution < 1.29 is 8.42 Å². The Bertz CT molecular complexity index is 816. The number of aryl methyl sites for hydroxylation is 2. The van der Waals surface area contributed by atoms with Gasteiger partial charge in [0.25, 0.3) is 0 Å². The minimum atomic E-state index is -3.53. The highest BCUT2D eigenvalue weighted by molar-refractivity contribution is 7.89. The van der Waals surface area contributed by atoms with Gasteiger partial charge in [0.1, 0.15) is 0 Å². The first-order chi connectivity index (χ1) is 11.0. The van der Waals surface area contributed by atoms with Gasteiger partial charge < -0.3 is 5.73 Å². The van der Waals surface area contributed by atoms with Gasteiger partial charge in [-0.05, 0) is 66.6 Å². The number of sulfonamides is 1. The summed E-state index contributed by atoms with van der Waals surface area (Å²) in [6, 6.07) is 12.7. The van der Waals surface area contributed by atoms with Crippen LogP contribution in [0.25, 0.3) is 0 Å². The van der Waals surface area contributed by atoms with E-state index in [-0.39, 0.29) is 6.04 Å². The molecule has 1 atom stereocenters. The summed E-state index contributed by atoms with van der Waals surface area (Å²) in [6.45, 7) is 2.01. The average molecular weight is 330 g/mol. The molecule has 0 heterocycles. The molecule has 2 aromatic carbocycles. The van der Waals surface area contributed by atoms with Crippen LogP contribution in [0.1, 0.15) is 42.5 Å². The van der Waals surface area contributed by atoms with Gasteiger partial charge in [-0.25, -0.2) is 13.1 Å². The van der Waals surface area contributed by atoms with Gasteiger partial charge in [-0.3, -0.25) is 0 Å². The van der Waals surface area contributed by atoms with Crippen LogP contribution in [-0.4, -0.2) is 8.42 Å². The summed E-state index contributed by atoms with van der Waals surface area (Å²) in [5.41, 5.74) is 9.77. The zero-order valence-electron chi connectivity index (χ0n) is 13.2. The molecule has 0 saturated heterocycles. The summed E-state index contributed by atoms with van der Waals surface area (Å²) in [7, 11) is -3.53. The molecule has 0 amide bonds. The summed E-state index contributed by atoms with van der Waals surface area (Å²) in [4.78, 5) is 0.333. The number of anilines is 1. The van der Waals surface area contributed by atoms with E-state index >= 15 is 0 Å². The molecule has 3 rings (SSSR count). The lowest BCUT2D eigenvalue weighted by Crippen LogP contribution is -2.31. The first kappa shape index (κ1) is 16.0. The maximum atomic E-state index is 12.7. The normalized spacial score (nSPS) is 17.7. The standard InChI is InChI=1S/C18H22N2O2S/c1-2-13-5-3-7-16(11-13)23(21,22)20-18-8-4-6-14-12-15(19)9-10-17(14)18/h3,5,7,9-12,18,20H,2,4,6,8,19H2,1H3. The van der Waals surface area contributed by atoms with Crippen LogP contribution in [0.5, 0.6) is 0 Å². The van der Waals surface area contributed by atoms with Gasteiger partial charge >= 0.3 is 0 Å². The minimum Gasteiger partial charge on any atom is -0.399 e. The maximum Gasteiger partial charge on any atom is 0.241 e. The van der Waals surface area contributed by atoms with Crippen molar-refractivity contribution in [3.05, 3.63) is 59.2 Å². The molecule has 0 aliphatic heterocycles. The van der Waals surface area contributed by atoms with E-state index in [0.717, 1.165) is 48.1 Å². The highest BCUT2D eigenvalue weighted by Crippen LogP contribution is 2.32. The van der Waals surface area contributed by atoms with Gasteiger partial charge in [0, 0.05) is 11.7 Å². The van der Waals surface area contributed by atoms with E-state index in [1.807, 2.05) is 31.2 Å². The molecule has 0 bridgehead atoms. The quantitative estimate of drug-likeness (QED) is 0.846. The fraction of sp³-hybridized carbons (Fsp3) is 0.333. The van der Waals surface area contributed by atoms with Gasteiger partial charge in [-0.1, -0.05) is 25.1 Å². The monoisotopic (exact) mass is 330 g/mol. The Morgan fingerprint density at radius 3 is 2.83 bits per heavy atom. The fourth-order valence-electron chi connectivity index (χ4n) is 3.14. The molecule has 5 heteroatoms. The topological polar surface area (TPSA) is 72.2 Å². The lowest BCUT2D eigenvalue weighted by Gasteiger charge is -2.26. The van der Waals surface area contributed by atoms with Crippen molar-refractivity contribution >= 4 is 15.7 Å². The number of rotatable bonds is 4. The van der Waals surface area contributed by atoms with Crippen LogP contribution in [0.3, 0.4) is 0 Å². The molecule has 23 heavy (non-hydrogen) atoms. The van der Waals surface area contributed by atoms with Gasteiger partial charge in [-0.2, -0.15) is 0 Å². The van der Waals surface area contributed by atoms with Gasteiger partial charge in [0.15, 0.2) is 0 Å². The summed E-state index contributed by atoms with van der Waals surface area (Å²) in [6.07, 6.45) is 3.53. The van der Waals surface area contributed by atoms with Gasteiger partial charge in [-0.15, -0.1) is 0 Å². The number of nitrogens with two attached hydrogens (primary N) is 1. The molecule has 0 saturated carbocycles. The van der Waals surface area contributed by atoms with Crippen LogP contribution >= 0.6 is 0 Å². The molecule has 0 aromatic heterocycles. The molecule has 4 nitrogen and oxygen atoms in total. The van der Waals surface area contributed by atoms with E-state index < -0.39 is 10.0 Å². The number of nitrogen functional groups attached to an aromatic ring is 1. The van der Waals surface area contributed by atoms with Crippen molar-refractivity contribution in [1.29, 1.82) is 0 Å². The highest BCUT2D eigenvalue weighted by Gasteiger charge is 2.25. The molecule has 0 radical (unpaired) electrons. The molecule has 1 aliphatic rings. The van der Waals surface area contributed by atoms with E-state index in [9.17, 15) is 8.42 Å². The summed E-state index contributed by atoms with van der Waals surface area (Å²) in [5, 5.41) is 0. The smallest absolute Gasteiger partial charge is 0.241 e. The molecular weight excluding hydrogens is 308 g/mol. The van der Waals surface area contributed by atoms with E-state index in [2.05, 4.69) is 4.72 Å². The summed E-state index contributed by atoms with van der Waals surface area (Å²) in [5.74, 6) is 0. The Balaban J connectivity index is 1.90. The molecule has 2 aromatic rings.